The van der Waals surface area contributed by atoms with Crippen LogP contribution in [0.25, 0.3) is 6.08 Å². The third kappa shape index (κ3) is 2.70. The van der Waals surface area contributed by atoms with Gasteiger partial charge in [-0.05, 0) is 36.6 Å². The normalized spacial score (nSPS) is 10.8. The third-order valence-corrected chi connectivity index (χ3v) is 2.45. The second kappa shape index (κ2) is 5.47. The molecule has 0 spiro atoms. The van der Waals surface area contributed by atoms with E-state index >= 15 is 0 Å². The molecule has 0 amide bonds. The second-order valence-electron chi connectivity index (χ2n) is 3.65. The molecule has 3 nitrogen and oxygen atoms in total. The fraction of sp³-hybridized carbons (Fsp3) is 0.308. The largest absolute Gasteiger partial charge is 0.465 e. The topological polar surface area (TPSA) is 52.3 Å². The van der Waals surface area contributed by atoms with Crippen LogP contribution in [-0.2, 0) is 4.74 Å². The summed E-state index contributed by atoms with van der Waals surface area (Å²) in [4.78, 5) is 11.5. The van der Waals surface area contributed by atoms with E-state index in [2.05, 4.69) is 0 Å². The van der Waals surface area contributed by atoms with Crippen LogP contribution in [-0.4, -0.2) is 19.6 Å². The Morgan fingerprint density at radius 1 is 1.38 bits per heavy atom. The Bertz CT molecular complexity index is 422. The minimum absolute atomic E-state index is 0.306. The molecule has 1 rings (SSSR count). The Morgan fingerprint density at radius 2 is 2.06 bits per heavy atom. The van der Waals surface area contributed by atoms with Crippen molar-refractivity contribution >= 4 is 12.0 Å². The third-order valence-electron chi connectivity index (χ3n) is 2.45. The van der Waals surface area contributed by atoms with Gasteiger partial charge in [0, 0.05) is 6.54 Å². The summed E-state index contributed by atoms with van der Waals surface area (Å²) >= 11 is 0. The molecule has 1 aromatic carbocycles. The van der Waals surface area contributed by atoms with Gasteiger partial charge < -0.3 is 10.5 Å². The monoisotopic (exact) mass is 219 g/mol. The van der Waals surface area contributed by atoms with Crippen LogP contribution in [0, 0.1) is 13.8 Å². The minimum atomic E-state index is -0.306. The van der Waals surface area contributed by atoms with Gasteiger partial charge in [-0.15, -0.1) is 0 Å². The van der Waals surface area contributed by atoms with Crippen molar-refractivity contribution < 1.29 is 9.53 Å². The summed E-state index contributed by atoms with van der Waals surface area (Å²) in [5, 5.41) is 0. The van der Waals surface area contributed by atoms with E-state index in [1.165, 1.54) is 7.11 Å². The fourth-order valence-corrected chi connectivity index (χ4v) is 1.57. The molecule has 0 atom stereocenters. The first-order valence-corrected chi connectivity index (χ1v) is 5.16. The summed E-state index contributed by atoms with van der Waals surface area (Å²) in [6, 6.07) is 3.81. The van der Waals surface area contributed by atoms with Crippen molar-refractivity contribution in [3.63, 3.8) is 0 Å². The van der Waals surface area contributed by atoms with Crippen molar-refractivity contribution in [3.8, 4) is 0 Å². The highest BCUT2D eigenvalue weighted by atomic mass is 16.5. The van der Waals surface area contributed by atoms with Gasteiger partial charge in [-0.2, -0.15) is 0 Å². The van der Waals surface area contributed by atoms with Crippen LogP contribution in [0.1, 0.15) is 27.0 Å². The molecule has 0 aromatic heterocycles. The van der Waals surface area contributed by atoms with Gasteiger partial charge in [-0.25, -0.2) is 4.79 Å². The number of hydrogen-bond acceptors (Lipinski definition) is 3. The van der Waals surface area contributed by atoms with Crippen LogP contribution in [0.15, 0.2) is 18.2 Å². The highest BCUT2D eigenvalue weighted by Gasteiger charge is 2.10. The van der Waals surface area contributed by atoms with E-state index in [0.717, 1.165) is 16.7 Å². The summed E-state index contributed by atoms with van der Waals surface area (Å²) in [6.45, 7) is 4.39. The number of carbonyl (C=O) groups is 1. The molecule has 2 N–H and O–H groups in total. The van der Waals surface area contributed by atoms with Gasteiger partial charge in [0.2, 0.25) is 0 Å². The Labute approximate surface area is 95.9 Å². The summed E-state index contributed by atoms with van der Waals surface area (Å²) in [5.41, 5.74) is 9.05. The molecule has 0 bridgehead atoms. The van der Waals surface area contributed by atoms with E-state index in [-0.39, 0.29) is 5.97 Å². The van der Waals surface area contributed by atoms with Crippen LogP contribution >= 0.6 is 0 Å². The molecule has 0 saturated carbocycles. The van der Waals surface area contributed by atoms with Crippen molar-refractivity contribution in [2.45, 2.75) is 13.8 Å². The highest BCUT2D eigenvalue weighted by Crippen LogP contribution is 2.18. The first-order chi connectivity index (χ1) is 7.60. The Hall–Kier alpha value is -1.61. The predicted molar refractivity (Wildman–Crippen MR) is 65.3 cm³/mol. The molecule has 16 heavy (non-hydrogen) atoms. The predicted octanol–water partition coefficient (Wildman–Crippen LogP) is 2.06. The molecule has 0 heterocycles. The van der Waals surface area contributed by atoms with E-state index in [4.69, 9.17) is 10.5 Å². The van der Waals surface area contributed by atoms with Gasteiger partial charge in [0.05, 0.1) is 12.7 Å². The molecule has 3 heteroatoms. The number of nitrogens with two attached hydrogens (primary N) is 1. The van der Waals surface area contributed by atoms with Crippen LogP contribution < -0.4 is 5.73 Å². The van der Waals surface area contributed by atoms with E-state index in [1.54, 1.807) is 0 Å². The molecule has 0 aliphatic carbocycles. The van der Waals surface area contributed by atoms with Crippen molar-refractivity contribution in [2.24, 2.45) is 5.73 Å². The summed E-state index contributed by atoms with van der Waals surface area (Å²) < 4.78 is 4.73. The number of hydrogen-bond donors (Lipinski definition) is 1. The number of ether oxygens (including phenoxy) is 1. The molecule has 0 aliphatic rings. The van der Waals surface area contributed by atoms with Crippen molar-refractivity contribution in [2.75, 3.05) is 13.7 Å². The van der Waals surface area contributed by atoms with Crippen LogP contribution in [0.2, 0.25) is 0 Å². The molecule has 86 valence electrons. The molecule has 1 aromatic rings. The van der Waals surface area contributed by atoms with Crippen molar-refractivity contribution in [1.82, 2.24) is 0 Å². The van der Waals surface area contributed by atoms with Crippen molar-refractivity contribution in [1.29, 1.82) is 0 Å². The zero-order valence-electron chi connectivity index (χ0n) is 9.91. The number of rotatable bonds is 3. The summed E-state index contributed by atoms with van der Waals surface area (Å²) in [6.07, 6.45) is 3.78. The number of benzene rings is 1. The maximum absolute atomic E-state index is 11.5. The highest BCUT2D eigenvalue weighted by molar-refractivity contribution is 5.92. The second-order valence-corrected chi connectivity index (χ2v) is 3.65. The molecule has 0 fully saturated rings. The lowest BCUT2D eigenvalue weighted by atomic mass is 9.99. The standard InChI is InChI=1S/C13H17NO2/c1-9-7-10(2)12(13(15)16-3)8-11(9)5-4-6-14/h4-5,7-8H,6,14H2,1-3H3/b5-4+. The van der Waals surface area contributed by atoms with Crippen LogP contribution in [0.3, 0.4) is 0 Å². The SMILES string of the molecule is COC(=O)c1cc(/C=C/CN)c(C)cc1C. The molecule has 0 aliphatic heterocycles. The number of aryl methyl sites for hydroxylation is 2. The quantitative estimate of drug-likeness (QED) is 0.792. The zero-order chi connectivity index (χ0) is 12.1. The minimum Gasteiger partial charge on any atom is -0.465 e. The smallest absolute Gasteiger partial charge is 0.338 e. The fourth-order valence-electron chi connectivity index (χ4n) is 1.57. The van der Waals surface area contributed by atoms with E-state index in [1.807, 2.05) is 38.1 Å². The Morgan fingerprint density at radius 3 is 2.62 bits per heavy atom. The lowest BCUT2D eigenvalue weighted by Crippen LogP contribution is -2.05. The maximum atomic E-state index is 11.5. The molecule has 0 radical (unpaired) electrons. The Balaban J connectivity index is 3.21. The molecular weight excluding hydrogens is 202 g/mol. The first-order valence-electron chi connectivity index (χ1n) is 5.16. The number of carbonyl (C=O) groups excluding carboxylic acids is 1. The number of esters is 1. The maximum Gasteiger partial charge on any atom is 0.338 e. The average Bonchev–Trinajstić information content (AvgIpc) is 2.27. The van der Waals surface area contributed by atoms with E-state index < -0.39 is 0 Å². The van der Waals surface area contributed by atoms with Gasteiger partial charge in [0.15, 0.2) is 0 Å². The lowest BCUT2D eigenvalue weighted by molar-refractivity contribution is 0.0600. The van der Waals surface area contributed by atoms with E-state index in [9.17, 15) is 4.79 Å². The molecule has 0 unspecified atom stereocenters. The first kappa shape index (κ1) is 12.5. The summed E-state index contributed by atoms with van der Waals surface area (Å²) in [5.74, 6) is -0.306. The van der Waals surface area contributed by atoms with Gasteiger partial charge in [-0.3, -0.25) is 0 Å². The van der Waals surface area contributed by atoms with Gasteiger partial charge in [0.1, 0.15) is 0 Å². The molecular formula is C13H17NO2. The van der Waals surface area contributed by atoms with Crippen molar-refractivity contribution in [3.05, 3.63) is 40.5 Å². The van der Waals surface area contributed by atoms with Gasteiger partial charge >= 0.3 is 5.97 Å². The van der Waals surface area contributed by atoms with E-state index in [0.29, 0.717) is 12.1 Å². The lowest BCUT2D eigenvalue weighted by Gasteiger charge is -2.08. The summed E-state index contributed by atoms with van der Waals surface area (Å²) in [7, 11) is 1.39. The van der Waals surface area contributed by atoms with Crippen LogP contribution in [0.4, 0.5) is 0 Å². The van der Waals surface area contributed by atoms with Crippen LogP contribution in [0.5, 0.6) is 0 Å². The Kier molecular flexibility index (Phi) is 4.26. The number of methoxy groups -OCH3 is 1. The average molecular weight is 219 g/mol. The zero-order valence-corrected chi connectivity index (χ0v) is 9.91. The van der Waals surface area contributed by atoms with Gasteiger partial charge in [-0.1, -0.05) is 18.2 Å². The molecule has 0 saturated heterocycles. The van der Waals surface area contributed by atoms with Gasteiger partial charge in [0.25, 0.3) is 0 Å².